The van der Waals surface area contributed by atoms with E-state index in [4.69, 9.17) is 20.1 Å². The van der Waals surface area contributed by atoms with Crippen LogP contribution in [0.1, 0.15) is 10.4 Å². The van der Waals surface area contributed by atoms with Crippen LogP contribution in [-0.4, -0.2) is 19.8 Å². The van der Waals surface area contributed by atoms with E-state index in [2.05, 4.69) is 0 Å². The fourth-order valence-electron chi connectivity index (χ4n) is 1.34. The summed E-state index contributed by atoms with van der Waals surface area (Å²) in [5, 5.41) is 0. The van der Waals surface area contributed by atoms with Gasteiger partial charge in [-0.2, -0.15) is 0 Å². The van der Waals surface area contributed by atoms with Crippen LogP contribution in [0.25, 0.3) is 0 Å². The number of fused-ring (bicyclic) bond motifs is 1. The number of carbonyl (C=O) groups is 1. The van der Waals surface area contributed by atoms with Gasteiger partial charge in [-0.25, -0.2) is 5.84 Å². The van der Waals surface area contributed by atoms with Crippen LogP contribution in [0, 0.1) is 0 Å². The minimum atomic E-state index is -0.411. The first-order valence-electron chi connectivity index (χ1n) is 4.25. The monoisotopic (exact) mass is 210 g/mol. The minimum absolute atomic E-state index is 0.124. The van der Waals surface area contributed by atoms with Crippen LogP contribution in [0.5, 0.6) is 17.2 Å². The molecule has 1 aromatic rings. The second-order valence-electron chi connectivity index (χ2n) is 2.89. The summed E-state index contributed by atoms with van der Waals surface area (Å²) in [5.74, 6) is 6.05. The maximum absolute atomic E-state index is 11.3. The van der Waals surface area contributed by atoms with Gasteiger partial charge < -0.3 is 14.2 Å². The zero-order valence-electron chi connectivity index (χ0n) is 8.07. The minimum Gasteiger partial charge on any atom is -0.493 e. The number of amides is 1. The number of hydrogen-bond donors (Lipinski definition) is 2. The van der Waals surface area contributed by atoms with Gasteiger partial charge in [-0.15, -0.1) is 0 Å². The van der Waals surface area contributed by atoms with E-state index in [-0.39, 0.29) is 6.79 Å². The molecule has 0 aromatic heterocycles. The first kappa shape index (κ1) is 9.60. The van der Waals surface area contributed by atoms with E-state index >= 15 is 0 Å². The van der Waals surface area contributed by atoms with Gasteiger partial charge in [0.05, 0.1) is 7.11 Å². The van der Waals surface area contributed by atoms with Gasteiger partial charge in [-0.1, -0.05) is 0 Å². The predicted molar refractivity (Wildman–Crippen MR) is 50.8 cm³/mol. The van der Waals surface area contributed by atoms with Crippen molar-refractivity contribution in [3.63, 3.8) is 0 Å². The van der Waals surface area contributed by atoms with Crippen molar-refractivity contribution >= 4 is 5.91 Å². The van der Waals surface area contributed by atoms with Crippen molar-refractivity contribution in [1.82, 2.24) is 5.43 Å². The number of nitrogens with one attached hydrogen (secondary N) is 1. The second kappa shape index (κ2) is 3.66. The van der Waals surface area contributed by atoms with Crippen LogP contribution < -0.4 is 25.5 Å². The van der Waals surface area contributed by atoms with Crippen molar-refractivity contribution in [2.24, 2.45) is 5.84 Å². The molecule has 0 bridgehead atoms. The molecule has 80 valence electrons. The summed E-state index contributed by atoms with van der Waals surface area (Å²) in [6.07, 6.45) is 0. The second-order valence-corrected chi connectivity index (χ2v) is 2.89. The Labute approximate surface area is 85.9 Å². The lowest BCUT2D eigenvalue weighted by Gasteiger charge is -2.06. The quantitative estimate of drug-likeness (QED) is 0.408. The molecule has 1 aliphatic heterocycles. The third kappa shape index (κ3) is 1.55. The fourth-order valence-corrected chi connectivity index (χ4v) is 1.34. The van der Waals surface area contributed by atoms with Crippen LogP contribution >= 0.6 is 0 Å². The summed E-state index contributed by atoms with van der Waals surface area (Å²) in [4.78, 5) is 11.3. The van der Waals surface area contributed by atoms with Gasteiger partial charge in [0.2, 0.25) is 12.5 Å². The van der Waals surface area contributed by atoms with Crippen LogP contribution in [0.3, 0.4) is 0 Å². The first-order chi connectivity index (χ1) is 7.26. The van der Waals surface area contributed by atoms with E-state index in [1.807, 2.05) is 5.43 Å². The molecule has 0 saturated heterocycles. The van der Waals surface area contributed by atoms with E-state index in [0.717, 1.165) is 0 Å². The summed E-state index contributed by atoms with van der Waals surface area (Å²) < 4.78 is 15.4. The van der Waals surface area contributed by atoms with E-state index in [1.165, 1.54) is 13.2 Å². The Kier molecular flexibility index (Phi) is 2.34. The van der Waals surface area contributed by atoms with Crippen LogP contribution in [0.15, 0.2) is 12.1 Å². The number of rotatable bonds is 2. The number of hydrazine groups is 1. The molecule has 1 amide bonds. The van der Waals surface area contributed by atoms with E-state index < -0.39 is 5.91 Å². The molecule has 6 heteroatoms. The SMILES string of the molecule is COc1cc(C(=O)NN)cc2c1OCO2. The average molecular weight is 210 g/mol. The number of carbonyl (C=O) groups excluding carboxylic acids is 1. The molecule has 15 heavy (non-hydrogen) atoms. The highest BCUT2D eigenvalue weighted by Crippen LogP contribution is 2.41. The van der Waals surface area contributed by atoms with Gasteiger partial charge in [0, 0.05) is 5.56 Å². The third-order valence-electron chi connectivity index (χ3n) is 2.05. The molecule has 0 radical (unpaired) electrons. The van der Waals surface area contributed by atoms with Crippen molar-refractivity contribution in [2.75, 3.05) is 13.9 Å². The molecule has 1 aliphatic rings. The lowest BCUT2D eigenvalue weighted by atomic mass is 10.2. The number of nitrogens with two attached hydrogens (primary N) is 1. The molecular formula is C9H10N2O4. The largest absolute Gasteiger partial charge is 0.493 e. The summed E-state index contributed by atoms with van der Waals surface area (Å²) in [6, 6.07) is 3.09. The Morgan fingerprint density at radius 3 is 3.00 bits per heavy atom. The van der Waals surface area contributed by atoms with Gasteiger partial charge in [-0.3, -0.25) is 10.2 Å². The molecule has 0 fully saturated rings. The number of methoxy groups -OCH3 is 1. The average Bonchev–Trinajstić information content (AvgIpc) is 2.74. The van der Waals surface area contributed by atoms with Crippen molar-refractivity contribution in [3.05, 3.63) is 17.7 Å². The molecule has 1 heterocycles. The zero-order valence-corrected chi connectivity index (χ0v) is 8.07. The predicted octanol–water partition coefficient (Wildman–Crippen LogP) is 0.0274. The number of nitrogen functional groups attached to an aromatic ring is 1. The Morgan fingerprint density at radius 2 is 2.33 bits per heavy atom. The van der Waals surface area contributed by atoms with E-state index in [9.17, 15) is 4.79 Å². The van der Waals surface area contributed by atoms with Crippen molar-refractivity contribution in [2.45, 2.75) is 0 Å². The van der Waals surface area contributed by atoms with Gasteiger partial charge in [0.1, 0.15) is 0 Å². The van der Waals surface area contributed by atoms with Crippen LogP contribution in [0.4, 0.5) is 0 Å². The maximum Gasteiger partial charge on any atom is 0.265 e. The van der Waals surface area contributed by atoms with Crippen LogP contribution in [0.2, 0.25) is 0 Å². The third-order valence-corrected chi connectivity index (χ3v) is 2.05. The number of hydrogen-bond acceptors (Lipinski definition) is 5. The molecule has 0 spiro atoms. The smallest absolute Gasteiger partial charge is 0.265 e. The summed E-state index contributed by atoms with van der Waals surface area (Å²) >= 11 is 0. The molecule has 0 unspecified atom stereocenters. The van der Waals surface area contributed by atoms with Crippen molar-refractivity contribution < 1.29 is 19.0 Å². The maximum atomic E-state index is 11.3. The van der Waals surface area contributed by atoms with Crippen LogP contribution in [-0.2, 0) is 0 Å². The summed E-state index contributed by atoms with van der Waals surface area (Å²) in [5.41, 5.74) is 2.39. The normalized spacial score (nSPS) is 12.4. The van der Waals surface area contributed by atoms with Gasteiger partial charge in [0.25, 0.3) is 5.91 Å². The highest BCUT2D eigenvalue weighted by atomic mass is 16.7. The highest BCUT2D eigenvalue weighted by molar-refractivity contribution is 5.95. The van der Waals surface area contributed by atoms with Crippen molar-refractivity contribution in [1.29, 1.82) is 0 Å². The first-order valence-corrected chi connectivity index (χ1v) is 4.25. The lowest BCUT2D eigenvalue weighted by Crippen LogP contribution is -2.29. The highest BCUT2D eigenvalue weighted by Gasteiger charge is 2.21. The summed E-state index contributed by atoms with van der Waals surface area (Å²) in [6.45, 7) is 0.124. The standard InChI is InChI=1S/C9H10N2O4/c1-13-6-2-5(9(12)11-10)3-7-8(6)15-4-14-7/h2-3H,4,10H2,1H3,(H,11,12). The number of ether oxygens (including phenoxy) is 3. The Balaban J connectivity index is 2.48. The van der Waals surface area contributed by atoms with Gasteiger partial charge in [0.15, 0.2) is 11.5 Å². The molecular weight excluding hydrogens is 200 g/mol. The topological polar surface area (TPSA) is 82.8 Å². The number of benzene rings is 1. The molecule has 6 nitrogen and oxygen atoms in total. The molecule has 0 atom stereocenters. The van der Waals surface area contributed by atoms with Gasteiger partial charge >= 0.3 is 0 Å². The molecule has 0 aliphatic carbocycles. The fraction of sp³-hybridized carbons (Fsp3) is 0.222. The van der Waals surface area contributed by atoms with Crippen molar-refractivity contribution in [3.8, 4) is 17.2 Å². The zero-order chi connectivity index (χ0) is 10.8. The lowest BCUT2D eigenvalue weighted by molar-refractivity contribution is 0.0953. The van der Waals surface area contributed by atoms with E-state index in [0.29, 0.717) is 22.8 Å². The molecule has 3 N–H and O–H groups in total. The molecule has 2 rings (SSSR count). The Bertz CT molecular complexity index is 405. The Morgan fingerprint density at radius 1 is 1.53 bits per heavy atom. The summed E-state index contributed by atoms with van der Waals surface area (Å²) in [7, 11) is 1.49. The molecule has 1 aromatic carbocycles. The molecule has 0 saturated carbocycles. The van der Waals surface area contributed by atoms with E-state index in [1.54, 1.807) is 6.07 Å². The van der Waals surface area contributed by atoms with Gasteiger partial charge in [-0.05, 0) is 12.1 Å². The Hall–Kier alpha value is -1.95.